The van der Waals surface area contributed by atoms with Gasteiger partial charge in [-0.05, 0) is 18.1 Å². The molecule has 1 aliphatic rings. The molecule has 0 radical (unpaired) electrons. The Morgan fingerprint density at radius 3 is 2.66 bits per heavy atom. The van der Waals surface area contributed by atoms with Gasteiger partial charge in [-0.1, -0.05) is 53.5 Å². The maximum atomic E-state index is 12.8. The summed E-state index contributed by atoms with van der Waals surface area (Å²) in [6.07, 6.45) is -0.0510. The van der Waals surface area contributed by atoms with Gasteiger partial charge in [0.1, 0.15) is 6.17 Å². The van der Waals surface area contributed by atoms with Crippen molar-refractivity contribution >= 4 is 45.8 Å². The third-order valence-electron chi connectivity index (χ3n) is 5.10. The van der Waals surface area contributed by atoms with Crippen molar-refractivity contribution in [3.05, 3.63) is 72.7 Å². The Kier molecular flexibility index (Phi) is 5.10. The van der Waals surface area contributed by atoms with E-state index in [0.29, 0.717) is 29.7 Å². The zero-order valence-electron chi connectivity index (χ0n) is 15.5. The van der Waals surface area contributed by atoms with Gasteiger partial charge in [0, 0.05) is 13.5 Å². The van der Waals surface area contributed by atoms with Crippen molar-refractivity contribution in [1.82, 2.24) is 14.5 Å². The molecule has 0 fully saturated rings. The van der Waals surface area contributed by atoms with Gasteiger partial charge in [0.15, 0.2) is 0 Å². The first-order valence-electron chi connectivity index (χ1n) is 9.10. The van der Waals surface area contributed by atoms with Gasteiger partial charge < -0.3 is 15.2 Å². The smallest absolute Gasteiger partial charge is 0.318 e. The molecule has 7 nitrogen and oxygen atoms in total. The van der Waals surface area contributed by atoms with Crippen LogP contribution >= 0.6 is 23.2 Å². The molecule has 1 atom stereocenters. The third-order valence-corrected chi connectivity index (χ3v) is 5.89. The second-order valence-corrected chi connectivity index (χ2v) is 7.67. The fourth-order valence-corrected chi connectivity index (χ4v) is 4.15. The first-order chi connectivity index (χ1) is 13.9. The molecule has 2 N–H and O–H groups in total. The van der Waals surface area contributed by atoms with Crippen molar-refractivity contribution in [2.45, 2.75) is 19.5 Å². The lowest BCUT2D eigenvalue weighted by Crippen LogP contribution is -2.50. The van der Waals surface area contributed by atoms with E-state index in [1.165, 1.54) is 17.6 Å². The van der Waals surface area contributed by atoms with E-state index in [0.717, 1.165) is 5.56 Å². The minimum atomic E-state index is -0.777. The highest BCUT2D eigenvalue weighted by molar-refractivity contribution is 6.45. The monoisotopic (exact) mass is 432 g/mol. The van der Waals surface area contributed by atoms with Crippen LogP contribution in [0.15, 0.2) is 46.0 Å². The van der Waals surface area contributed by atoms with E-state index in [1.807, 2.05) is 30.3 Å². The number of hydrogen-bond donors (Lipinski definition) is 2. The van der Waals surface area contributed by atoms with Gasteiger partial charge in [-0.15, -0.1) is 0 Å². The molecule has 4 rings (SSSR count). The average Bonchev–Trinajstić information content (AvgIpc) is 2.70. The predicted octanol–water partition coefficient (Wildman–Crippen LogP) is 3.01. The molecule has 150 valence electrons. The van der Waals surface area contributed by atoms with Crippen molar-refractivity contribution in [3.63, 3.8) is 0 Å². The van der Waals surface area contributed by atoms with Gasteiger partial charge in [-0.25, -0.2) is 0 Å². The highest BCUT2D eigenvalue weighted by Crippen LogP contribution is 2.39. The number of carbonyl (C=O) groups excluding carboxylic acids is 1. The maximum Gasteiger partial charge on any atom is 0.318 e. The number of aromatic nitrogens is 2. The maximum absolute atomic E-state index is 12.8. The number of carbonyl (C=O) groups is 1. The predicted molar refractivity (Wildman–Crippen MR) is 114 cm³/mol. The lowest BCUT2D eigenvalue weighted by Gasteiger charge is -2.37. The molecule has 0 aliphatic carbocycles. The number of benzene rings is 2. The van der Waals surface area contributed by atoms with Gasteiger partial charge in [0.25, 0.3) is 0 Å². The normalized spacial score (nSPS) is 15.2. The summed E-state index contributed by atoms with van der Waals surface area (Å²) in [5.74, 6) is -0.198. The number of halogens is 2. The van der Waals surface area contributed by atoms with Crippen molar-refractivity contribution in [1.29, 1.82) is 0 Å². The molecule has 2 aromatic carbocycles. The van der Waals surface area contributed by atoms with Crippen LogP contribution in [-0.2, 0) is 11.2 Å². The van der Waals surface area contributed by atoms with Crippen LogP contribution in [0.2, 0.25) is 10.0 Å². The Labute approximate surface area is 175 Å². The lowest BCUT2D eigenvalue weighted by atomic mass is 10.1. The lowest BCUT2D eigenvalue weighted by molar-refractivity contribution is -0.132. The number of nitrogens with one attached hydrogen (secondary N) is 2. The molecule has 1 amide bonds. The Hall–Kier alpha value is -2.77. The van der Waals surface area contributed by atoms with Gasteiger partial charge in [0.05, 0.1) is 33.3 Å². The SMILES string of the molecule is CC(=O)N(CCc1ccccc1)C1CNc2c(Cl)c(Cl)cc3[nH]c(=O)c(=O)n1c23. The van der Waals surface area contributed by atoms with Crippen LogP contribution < -0.4 is 16.4 Å². The first kappa shape index (κ1) is 19.5. The molecule has 0 saturated heterocycles. The van der Waals surface area contributed by atoms with Crippen LogP contribution in [0.25, 0.3) is 11.0 Å². The van der Waals surface area contributed by atoms with E-state index in [4.69, 9.17) is 23.2 Å². The van der Waals surface area contributed by atoms with Crippen LogP contribution in [-0.4, -0.2) is 33.4 Å². The van der Waals surface area contributed by atoms with Crippen molar-refractivity contribution < 1.29 is 4.79 Å². The van der Waals surface area contributed by atoms with E-state index in [9.17, 15) is 14.4 Å². The van der Waals surface area contributed by atoms with Crippen molar-refractivity contribution in [2.24, 2.45) is 0 Å². The zero-order chi connectivity index (χ0) is 20.7. The highest BCUT2D eigenvalue weighted by Gasteiger charge is 2.31. The van der Waals surface area contributed by atoms with E-state index in [-0.39, 0.29) is 22.5 Å². The standard InChI is InChI=1S/C20H18Cl2N4O3/c1-11(27)25(8-7-12-5-3-2-4-6-12)15-10-23-17-16(22)13(21)9-14-18(17)26(15)20(29)19(28)24-14/h2-6,9,15,23H,7-8,10H2,1H3,(H,24,28). The Morgan fingerprint density at radius 2 is 1.97 bits per heavy atom. The van der Waals surface area contributed by atoms with Gasteiger partial charge in [-0.3, -0.25) is 19.0 Å². The van der Waals surface area contributed by atoms with Crippen LogP contribution in [0.1, 0.15) is 18.7 Å². The van der Waals surface area contributed by atoms with Crippen molar-refractivity contribution in [2.75, 3.05) is 18.4 Å². The number of hydrogen-bond acceptors (Lipinski definition) is 4. The second kappa shape index (κ2) is 7.57. The van der Waals surface area contributed by atoms with Gasteiger partial charge >= 0.3 is 11.1 Å². The Morgan fingerprint density at radius 1 is 1.24 bits per heavy atom. The number of amides is 1. The van der Waals surface area contributed by atoms with E-state index in [2.05, 4.69) is 10.3 Å². The molecule has 29 heavy (non-hydrogen) atoms. The molecule has 0 spiro atoms. The number of aromatic amines is 1. The molecule has 0 bridgehead atoms. The summed E-state index contributed by atoms with van der Waals surface area (Å²) in [4.78, 5) is 41.7. The zero-order valence-corrected chi connectivity index (χ0v) is 17.0. The van der Waals surface area contributed by atoms with Crippen LogP contribution in [0.4, 0.5) is 5.69 Å². The summed E-state index contributed by atoms with van der Waals surface area (Å²) < 4.78 is 1.34. The fourth-order valence-electron chi connectivity index (χ4n) is 3.74. The van der Waals surface area contributed by atoms with Crippen LogP contribution in [0.3, 0.4) is 0 Å². The first-order valence-corrected chi connectivity index (χ1v) is 9.85. The molecule has 0 saturated carbocycles. The fraction of sp³-hybridized carbons (Fsp3) is 0.250. The summed E-state index contributed by atoms with van der Waals surface area (Å²) in [5, 5.41) is 3.69. The van der Waals surface area contributed by atoms with Crippen molar-refractivity contribution in [3.8, 4) is 0 Å². The molecule has 1 aromatic heterocycles. The third kappa shape index (κ3) is 3.41. The minimum Gasteiger partial charge on any atom is -0.378 e. The van der Waals surface area contributed by atoms with E-state index >= 15 is 0 Å². The quantitative estimate of drug-likeness (QED) is 0.620. The number of nitrogens with zero attached hydrogens (tertiary/aromatic N) is 2. The van der Waals surface area contributed by atoms with Crippen LogP contribution in [0, 0.1) is 0 Å². The van der Waals surface area contributed by atoms with E-state index < -0.39 is 17.3 Å². The Bertz CT molecular complexity index is 1220. The summed E-state index contributed by atoms with van der Waals surface area (Å²) in [6, 6.07) is 11.3. The summed E-state index contributed by atoms with van der Waals surface area (Å²) >= 11 is 12.5. The summed E-state index contributed by atoms with van der Waals surface area (Å²) in [7, 11) is 0. The summed E-state index contributed by atoms with van der Waals surface area (Å²) in [6.45, 7) is 2.06. The number of rotatable bonds is 4. The topological polar surface area (TPSA) is 87.2 Å². The highest BCUT2D eigenvalue weighted by atomic mass is 35.5. The molecule has 2 heterocycles. The Balaban J connectivity index is 1.84. The molecular formula is C20H18Cl2N4O3. The number of H-pyrrole nitrogens is 1. The van der Waals surface area contributed by atoms with Gasteiger partial charge in [0.2, 0.25) is 5.91 Å². The molecule has 1 aliphatic heterocycles. The minimum absolute atomic E-state index is 0.198. The molecule has 9 heteroatoms. The number of anilines is 1. The van der Waals surface area contributed by atoms with Crippen LogP contribution in [0.5, 0.6) is 0 Å². The average molecular weight is 433 g/mol. The summed E-state index contributed by atoms with van der Waals surface area (Å²) in [5.41, 5.74) is 0.815. The largest absolute Gasteiger partial charge is 0.378 e. The van der Waals surface area contributed by atoms with Gasteiger partial charge in [-0.2, -0.15) is 0 Å². The molecule has 3 aromatic rings. The second-order valence-electron chi connectivity index (χ2n) is 6.88. The molecule has 1 unspecified atom stereocenters. The van der Waals surface area contributed by atoms with E-state index in [1.54, 1.807) is 4.90 Å². The molecular weight excluding hydrogens is 415 g/mol.